The van der Waals surface area contributed by atoms with Crippen molar-refractivity contribution in [2.45, 2.75) is 70.1 Å². The van der Waals surface area contributed by atoms with Crippen LogP contribution >= 0.6 is 23.4 Å². The van der Waals surface area contributed by atoms with Gasteiger partial charge in [-0.25, -0.2) is 0 Å². The van der Waals surface area contributed by atoms with Crippen LogP contribution in [0.4, 0.5) is 0 Å². The van der Waals surface area contributed by atoms with Crippen LogP contribution in [0.5, 0.6) is 5.75 Å². The maximum absolute atomic E-state index is 12.2. The van der Waals surface area contributed by atoms with Crippen LogP contribution in [0, 0.1) is 6.92 Å². The number of halogens is 1. The van der Waals surface area contributed by atoms with E-state index in [9.17, 15) is 4.79 Å². The Morgan fingerprint density at radius 2 is 2.14 bits per heavy atom. The highest BCUT2D eigenvalue weighted by Gasteiger charge is 2.18. The zero-order valence-electron chi connectivity index (χ0n) is 17.1. The Kier molecular flexibility index (Phi) is 8.24. The van der Waals surface area contributed by atoms with E-state index in [1.165, 1.54) is 24.6 Å². The third kappa shape index (κ3) is 6.37. The second-order valence-corrected chi connectivity index (χ2v) is 8.72. The normalized spacial score (nSPS) is 14.3. The molecule has 0 spiro atoms. The Labute approximate surface area is 181 Å². The number of hydrogen-bond donors (Lipinski definition) is 1. The van der Waals surface area contributed by atoms with Crippen LogP contribution in [-0.2, 0) is 17.8 Å². The van der Waals surface area contributed by atoms with E-state index in [0.29, 0.717) is 23.4 Å². The highest BCUT2D eigenvalue weighted by Crippen LogP contribution is 2.23. The number of hydrogen-bond acceptors (Lipinski definition) is 5. The largest absolute Gasteiger partial charge is 0.493 e. The summed E-state index contributed by atoms with van der Waals surface area (Å²) in [5, 5.41) is 13.3. The summed E-state index contributed by atoms with van der Waals surface area (Å²) in [6.07, 6.45) is 6.25. The summed E-state index contributed by atoms with van der Waals surface area (Å²) in [5.74, 6) is 2.26. The van der Waals surface area contributed by atoms with Gasteiger partial charge in [-0.2, -0.15) is 0 Å². The van der Waals surface area contributed by atoms with Crippen molar-refractivity contribution in [2.24, 2.45) is 0 Å². The fraction of sp³-hybridized carbons (Fsp3) is 0.571. The molecular weight excluding hydrogens is 408 g/mol. The number of nitrogens with zero attached hydrogens (tertiary/aromatic N) is 3. The van der Waals surface area contributed by atoms with Crippen molar-refractivity contribution < 1.29 is 9.53 Å². The van der Waals surface area contributed by atoms with Gasteiger partial charge in [0.2, 0.25) is 5.91 Å². The summed E-state index contributed by atoms with van der Waals surface area (Å²) < 4.78 is 7.95. The Morgan fingerprint density at radius 1 is 1.34 bits per heavy atom. The van der Waals surface area contributed by atoms with E-state index in [2.05, 4.69) is 27.0 Å². The van der Waals surface area contributed by atoms with Crippen LogP contribution < -0.4 is 10.1 Å². The lowest BCUT2D eigenvalue weighted by molar-refractivity contribution is -0.119. The monoisotopic (exact) mass is 436 g/mol. The topological polar surface area (TPSA) is 69.0 Å². The van der Waals surface area contributed by atoms with Crippen LogP contribution in [0.15, 0.2) is 23.4 Å². The van der Waals surface area contributed by atoms with Crippen LogP contribution in [-0.4, -0.2) is 39.1 Å². The maximum Gasteiger partial charge on any atom is 0.230 e. The Bertz CT molecular complexity index is 821. The lowest BCUT2D eigenvalue weighted by Crippen LogP contribution is -2.33. The molecule has 1 aliphatic rings. The Morgan fingerprint density at radius 3 is 2.86 bits per heavy atom. The van der Waals surface area contributed by atoms with Crippen molar-refractivity contribution in [3.8, 4) is 5.75 Å². The first-order valence-corrected chi connectivity index (χ1v) is 11.7. The predicted molar refractivity (Wildman–Crippen MR) is 117 cm³/mol. The summed E-state index contributed by atoms with van der Waals surface area (Å²) in [6.45, 7) is 5.45. The van der Waals surface area contributed by atoms with Crippen LogP contribution in [0.25, 0.3) is 0 Å². The molecule has 1 N–H and O–H groups in total. The molecule has 0 atom stereocenters. The number of ether oxygens (including phenoxy) is 1. The van der Waals surface area contributed by atoms with E-state index in [0.717, 1.165) is 54.5 Å². The van der Waals surface area contributed by atoms with Crippen molar-refractivity contribution in [2.75, 3.05) is 12.4 Å². The van der Waals surface area contributed by atoms with Gasteiger partial charge in [0.25, 0.3) is 0 Å². The first-order chi connectivity index (χ1) is 14.1. The lowest BCUT2D eigenvalue weighted by Gasteiger charge is -2.12. The number of nitrogens with one attached hydrogen (secondary N) is 1. The number of amides is 1. The summed E-state index contributed by atoms with van der Waals surface area (Å²) in [4.78, 5) is 12.2. The molecule has 1 aromatic heterocycles. The maximum atomic E-state index is 12.2. The molecule has 0 bridgehead atoms. The molecule has 158 valence electrons. The molecule has 2 aromatic rings. The highest BCUT2D eigenvalue weighted by atomic mass is 35.5. The van der Waals surface area contributed by atoms with E-state index in [1.54, 1.807) is 0 Å². The molecule has 1 saturated carbocycles. The van der Waals surface area contributed by atoms with Gasteiger partial charge in [-0.1, -0.05) is 36.2 Å². The molecule has 0 aliphatic heterocycles. The minimum atomic E-state index is 0.0841. The molecule has 1 amide bonds. The van der Waals surface area contributed by atoms with Gasteiger partial charge in [0, 0.05) is 24.0 Å². The molecular formula is C21H29ClN4O2S. The number of carbonyl (C=O) groups is 1. The van der Waals surface area contributed by atoms with Gasteiger partial charge in [-0.15, -0.1) is 10.2 Å². The minimum Gasteiger partial charge on any atom is -0.493 e. The average Bonchev–Trinajstić information content (AvgIpc) is 3.34. The summed E-state index contributed by atoms with van der Waals surface area (Å²) in [7, 11) is 0. The molecule has 6 nitrogen and oxygen atoms in total. The average molecular weight is 437 g/mol. The van der Waals surface area contributed by atoms with Gasteiger partial charge < -0.3 is 14.6 Å². The number of benzene rings is 1. The highest BCUT2D eigenvalue weighted by molar-refractivity contribution is 7.99. The van der Waals surface area contributed by atoms with Crippen molar-refractivity contribution in [1.29, 1.82) is 0 Å². The Hall–Kier alpha value is -1.73. The van der Waals surface area contributed by atoms with E-state index in [-0.39, 0.29) is 5.91 Å². The van der Waals surface area contributed by atoms with Crippen molar-refractivity contribution in [3.63, 3.8) is 0 Å². The van der Waals surface area contributed by atoms with Gasteiger partial charge >= 0.3 is 0 Å². The summed E-state index contributed by atoms with van der Waals surface area (Å²) in [6, 6.07) is 5.99. The van der Waals surface area contributed by atoms with Crippen LogP contribution in [0.3, 0.4) is 0 Å². The van der Waals surface area contributed by atoms with Crippen molar-refractivity contribution in [3.05, 3.63) is 34.6 Å². The zero-order chi connectivity index (χ0) is 20.6. The SMILES string of the molecule is CCn1c(CCCOc2ccc(Cl)cc2C)nnc1SCC(=O)NC1CCCC1. The molecule has 3 rings (SSSR count). The first-order valence-electron chi connectivity index (χ1n) is 10.3. The molecule has 1 fully saturated rings. The zero-order valence-corrected chi connectivity index (χ0v) is 18.7. The fourth-order valence-electron chi connectivity index (χ4n) is 3.59. The Balaban J connectivity index is 1.45. The smallest absolute Gasteiger partial charge is 0.230 e. The van der Waals surface area contributed by atoms with Crippen molar-refractivity contribution >= 4 is 29.3 Å². The van der Waals surface area contributed by atoms with Gasteiger partial charge in [-0.05, 0) is 56.9 Å². The van der Waals surface area contributed by atoms with Gasteiger partial charge in [0.1, 0.15) is 11.6 Å². The minimum absolute atomic E-state index is 0.0841. The number of aromatic nitrogens is 3. The number of rotatable bonds is 10. The van der Waals surface area contributed by atoms with E-state index in [4.69, 9.17) is 16.3 Å². The van der Waals surface area contributed by atoms with Gasteiger partial charge in [-0.3, -0.25) is 4.79 Å². The first kappa shape index (κ1) is 22.0. The van der Waals surface area contributed by atoms with E-state index >= 15 is 0 Å². The summed E-state index contributed by atoms with van der Waals surface area (Å²) in [5.41, 5.74) is 1.03. The molecule has 0 unspecified atom stereocenters. The van der Waals surface area contributed by atoms with Gasteiger partial charge in [0.15, 0.2) is 5.16 Å². The van der Waals surface area contributed by atoms with Crippen LogP contribution in [0.1, 0.15) is 50.4 Å². The molecule has 0 saturated heterocycles. The standard InChI is InChI=1S/C21H29ClN4O2S/c1-3-26-19(9-6-12-28-18-11-10-16(22)13-15(18)2)24-25-21(26)29-14-20(27)23-17-7-4-5-8-17/h10-11,13,17H,3-9,12,14H2,1-2H3,(H,23,27). The van der Waals surface area contributed by atoms with Crippen LogP contribution in [0.2, 0.25) is 5.02 Å². The van der Waals surface area contributed by atoms with Crippen molar-refractivity contribution in [1.82, 2.24) is 20.1 Å². The quantitative estimate of drug-likeness (QED) is 0.441. The lowest BCUT2D eigenvalue weighted by atomic mass is 10.2. The van der Waals surface area contributed by atoms with Gasteiger partial charge in [0.05, 0.1) is 12.4 Å². The third-order valence-electron chi connectivity index (χ3n) is 5.10. The third-order valence-corrected chi connectivity index (χ3v) is 6.30. The molecule has 8 heteroatoms. The molecule has 29 heavy (non-hydrogen) atoms. The summed E-state index contributed by atoms with van der Waals surface area (Å²) >= 11 is 7.44. The molecule has 1 aromatic carbocycles. The molecule has 0 radical (unpaired) electrons. The predicted octanol–water partition coefficient (Wildman–Crippen LogP) is 4.42. The molecule has 1 aliphatic carbocycles. The second kappa shape index (κ2) is 10.9. The van der Waals surface area contributed by atoms with E-state index in [1.807, 2.05) is 25.1 Å². The number of aryl methyl sites for hydroxylation is 2. The molecule has 1 heterocycles. The number of thioether (sulfide) groups is 1. The number of carbonyl (C=O) groups excluding carboxylic acids is 1. The van der Waals surface area contributed by atoms with E-state index < -0.39 is 0 Å². The fourth-order valence-corrected chi connectivity index (χ4v) is 4.64. The second-order valence-electron chi connectivity index (χ2n) is 7.34.